The van der Waals surface area contributed by atoms with E-state index in [1.165, 1.54) is 154 Å². The number of allylic oxidation sites excluding steroid dienone is 12. The lowest BCUT2D eigenvalue weighted by Crippen LogP contribution is -2.65. The Morgan fingerprint density at radius 3 is 1.25 bits per heavy atom. The maximum atomic E-state index is 13.4. The minimum Gasteiger partial charge on any atom is -0.394 e. The van der Waals surface area contributed by atoms with E-state index >= 15 is 0 Å². The first-order valence-electron chi connectivity index (χ1n) is 34.7. The highest BCUT2D eigenvalue weighted by atomic mass is 16.7. The van der Waals surface area contributed by atoms with Crippen LogP contribution in [-0.2, 0) is 23.7 Å². The lowest BCUT2D eigenvalue weighted by atomic mass is 9.97. The topological polar surface area (TPSA) is 228 Å². The molecule has 494 valence electrons. The van der Waals surface area contributed by atoms with Crippen LogP contribution in [0.15, 0.2) is 72.9 Å². The van der Waals surface area contributed by atoms with Crippen molar-refractivity contribution in [3.05, 3.63) is 72.9 Å². The third-order valence-electron chi connectivity index (χ3n) is 16.7. The largest absolute Gasteiger partial charge is 0.394 e. The van der Waals surface area contributed by atoms with Crippen molar-refractivity contribution >= 4 is 5.91 Å². The number of amides is 1. The molecule has 14 heteroatoms. The second kappa shape index (κ2) is 55.5. The van der Waals surface area contributed by atoms with Gasteiger partial charge in [-0.2, -0.15) is 0 Å². The zero-order valence-electron chi connectivity index (χ0n) is 53.6. The summed E-state index contributed by atoms with van der Waals surface area (Å²) in [6.07, 6.45) is 57.6. The molecule has 0 spiro atoms. The molecule has 2 aliphatic heterocycles. The number of nitrogens with one attached hydrogen (secondary N) is 1. The van der Waals surface area contributed by atoms with Crippen LogP contribution in [0.3, 0.4) is 0 Å². The maximum absolute atomic E-state index is 13.4. The average Bonchev–Trinajstić information content (AvgIpc) is 3.69. The summed E-state index contributed by atoms with van der Waals surface area (Å²) in [6.45, 7) is 2.77. The zero-order valence-corrected chi connectivity index (χ0v) is 53.6. The molecular weight excluding hydrogens is 1070 g/mol. The van der Waals surface area contributed by atoms with Crippen molar-refractivity contribution in [2.24, 2.45) is 0 Å². The van der Waals surface area contributed by atoms with Crippen LogP contribution in [0.1, 0.15) is 277 Å². The Labute approximate surface area is 517 Å². The molecule has 12 unspecified atom stereocenters. The molecule has 2 heterocycles. The molecule has 2 aliphatic rings. The van der Waals surface area contributed by atoms with Gasteiger partial charge in [0.15, 0.2) is 12.6 Å². The van der Waals surface area contributed by atoms with Crippen LogP contribution >= 0.6 is 0 Å². The van der Waals surface area contributed by atoms with E-state index in [2.05, 4.69) is 92.1 Å². The maximum Gasteiger partial charge on any atom is 0.220 e. The molecule has 0 aliphatic carbocycles. The number of aliphatic hydroxyl groups excluding tert-OH is 8. The van der Waals surface area contributed by atoms with Crippen LogP contribution in [0, 0.1) is 0 Å². The van der Waals surface area contributed by atoms with Crippen molar-refractivity contribution < 1.29 is 64.6 Å². The Bertz CT molecular complexity index is 1700. The van der Waals surface area contributed by atoms with E-state index in [1.54, 1.807) is 0 Å². The summed E-state index contributed by atoms with van der Waals surface area (Å²) in [5, 5.41) is 87.6. The van der Waals surface area contributed by atoms with Gasteiger partial charge in [-0.05, 0) is 64.2 Å². The van der Waals surface area contributed by atoms with Gasteiger partial charge in [-0.1, -0.05) is 279 Å². The van der Waals surface area contributed by atoms with Gasteiger partial charge in [0.2, 0.25) is 5.91 Å². The molecular formula is C71H127NO13. The molecule has 0 aromatic heterocycles. The minimum absolute atomic E-state index is 0.211. The van der Waals surface area contributed by atoms with Crippen molar-refractivity contribution in [1.82, 2.24) is 5.32 Å². The summed E-state index contributed by atoms with van der Waals surface area (Å²) in [7, 11) is 0. The van der Waals surface area contributed by atoms with E-state index in [0.717, 1.165) is 89.9 Å². The molecule has 12 atom stereocenters. The van der Waals surface area contributed by atoms with Crippen LogP contribution in [0.5, 0.6) is 0 Å². The second-order valence-corrected chi connectivity index (χ2v) is 24.3. The van der Waals surface area contributed by atoms with Crippen LogP contribution in [-0.4, -0.2) is 140 Å². The lowest BCUT2D eigenvalue weighted by Gasteiger charge is -2.46. The fourth-order valence-corrected chi connectivity index (χ4v) is 11.2. The Morgan fingerprint density at radius 2 is 0.812 bits per heavy atom. The van der Waals surface area contributed by atoms with Gasteiger partial charge in [-0.25, -0.2) is 0 Å². The number of rotatable bonds is 56. The van der Waals surface area contributed by atoms with Gasteiger partial charge >= 0.3 is 0 Å². The highest BCUT2D eigenvalue weighted by Gasteiger charge is 2.51. The van der Waals surface area contributed by atoms with Gasteiger partial charge in [0.05, 0.1) is 32.0 Å². The summed E-state index contributed by atoms with van der Waals surface area (Å²) < 4.78 is 22.9. The van der Waals surface area contributed by atoms with Crippen LogP contribution in [0.4, 0.5) is 0 Å². The van der Waals surface area contributed by atoms with Crippen molar-refractivity contribution in [3.8, 4) is 0 Å². The third-order valence-corrected chi connectivity index (χ3v) is 16.7. The average molecular weight is 1200 g/mol. The Morgan fingerprint density at radius 1 is 0.435 bits per heavy atom. The second-order valence-electron chi connectivity index (χ2n) is 24.3. The van der Waals surface area contributed by atoms with E-state index in [9.17, 15) is 45.6 Å². The molecule has 0 saturated carbocycles. The third kappa shape index (κ3) is 39.9. The van der Waals surface area contributed by atoms with E-state index in [0.29, 0.717) is 19.3 Å². The van der Waals surface area contributed by atoms with Gasteiger partial charge in [-0.3, -0.25) is 4.79 Å². The number of carbonyl (C=O) groups is 1. The van der Waals surface area contributed by atoms with Crippen molar-refractivity contribution in [2.75, 3.05) is 19.8 Å². The predicted molar refractivity (Wildman–Crippen MR) is 346 cm³/mol. The Hall–Kier alpha value is -2.57. The molecule has 2 rings (SSSR count). The van der Waals surface area contributed by atoms with Crippen molar-refractivity contribution in [3.63, 3.8) is 0 Å². The lowest BCUT2D eigenvalue weighted by molar-refractivity contribution is -0.359. The number of aliphatic hydroxyl groups is 8. The van der Waals surface area contributed by atoms with Crippen molar-refractivity contribution in [2.45, 2.75) is 351 Å². The van der Waals surface area contributed by atoms with E-state index in [4.69, 9.17) is 18.9 Å². The first kappa shape index (κ1) is 78.5. The first-order chi connectivity index (χ1) is 41.6. The van der Waals surface area contributed by atoms with Crippen molar-refractivity contribution in [1.29, 1.82) is 0 Å². The SMILES string of the molecule is CC/C=C\C/C=C\C/C=C\C/C=C\C/C=C\C/C=C\CCCCCCCCCCCCC(=O)NC(COC1OC(CO)C(OC2OC(CO)C(O)C(O)C2O)C(O)C1O)C(O)CCCCCCCCCCCCCCCCCCCCCCCC. The van der Waals surface area contributed by atoms with Crippen LogP contribution < -0.4 is 5.32 Å². The van der Waals surface area contributed by atoms with E-state index < -0.39 is 86.8 Å². The predicted octanol–water partition coefficient (Wildman–Crippen LogP) is 13.8. The fraction of sp³-hybridized carbons (Fsp3) is 0.817. The Kier molecular flexibility index (Phi) is 51.3. The highest BCUT2D eigenvalue weighted by molar-refractivity contribution is 5.76. The smallest absolute Gasteiger partial charge is 0.220 e. The minimum atomic E-state index is -1.79. The molecule has 0 aromatic rings. The Balaban J connectivity index is 1.68. The molecule has 14 nitrogen and oxygen atoms in total. The molecule has 0 aromatic carbocycles. The number of hydrogen-bond donors (Lipinski definition) is 9. The van der Waals surface area contributed by atoms with Crippen LogP contribution in [0.25, 0.3) is 0 Å². The van der Waals surface area contributed by atoms with Gasteiger partial charge in [0.25, 0.3) is 0 Å². The summed E-state index contributed by atoms with van der Waals surface area (Å²) in [5.41, 5.74) is 0. The molecule has 0 radical (unpaired) electrons. The standard InChI is InChI=1S/C71H127NO13/c1-3-5-7-9-11-13-15-17-19-21-23-25-27-28-29-30-31-32-33-35-37-39-41-43-45-47-49-51-53-55-63(76)72-59(58-82-70-68(81)66(79)69(62(57-74)84-70)85-71-67(80)65(78)64(77)61(56-73)83-71)60(75)54-52-50-48-46-44-42-40-38-36-34-26-24-22-20-18-16-14-12-10-8-6-4-2/h5,7,11,13,17,19,23,25,28-29,31-32,59-62,64-71,73-75,77-81H,3-4,6,8-10,12,14-16,18,20-22,24,26-27,30,33-58H2,1-2H3,(H,72,76)/b7-5-,13-11-,19-17-,25-23-,29-28-,32-31-. The van der Waals surface area contributed by atoms with Crippen LogP contribution in [0.2, 0.25) is 0 Å². The number of unbranched alkanes of at least 4 members (excludes halogenated alkanes) is 31. The molecule has 2 saturated heterocycles. The number of carbonyl (C=O) groups excluding carboxylic acids is 1. The molecule has 9 N–H and O–H groups in total. The summed E-state index contributed by atoms with van der Waals surface area (Å²) in [4.78, 5) is 13.4. The molecule has 85 heavy (non-hydrogen) atoms. The number of hydrogen-bond acceptors (Lipinski definition) is 13. The summed E-state index contributed by atoms with van der Waals surface area (Å²) in [5.74, 6) is -0.211. The highest BCUT2D eigenvalue weighted by Crippen LogP contribution is 2.30. The number of ether oxygens (including phenoxy) is 4. The van der Waals surface area contributed by atoms with E-state index in [1.807, 2.05) is 0 Å². The van der Waals surface area contributed by atoms with Gasteiger partial charge in [-0.15, -0.1) is 0 Å². The fourth-order valence-electron chi connectivity index (χ4n) is 11.2. The van der Waals surface area contributed by atoms with E-state index in [-0.39, 0.29) is 12.5 Å². The molecule has 2 fully saturated rings. The zero-order chi connectivity index (χ0) is 61.6. The van der Waals surface area contributed by atoms with Gasteiger partial charge in [0, 0.05) is 6.42 Å². The first-order valence-corrected chi connectivity index (χ1v) is 34.7. The molecule has 0 bridgehead atoms. The monoisotopic (exact) mass is 1200 g/mol. The summed E-state index contributed by atoms with van der Waals surface area (Å²) in [6, 6.07) is -0.836. The molecule has 1 amide bonds. The summed E-state index contributed by atoms with van der Waals surface area (Å²) >= 11 is 0. The van der Waals surface area contributed by atoms with Gasteiger partial charge < -0.3 is 65.1 Å². The van der Waals surface area contributed by atoms with Gasteiger partial charge in [0.1, 0.15) is 48.8 Å². The quantitative estimate of drug-likeness (QED) is 0.0204. The normalized spacial score (nSPS) is 24.0.